The predicted octanol–water partition coefficient (Wildman–Crippen LogP) is 5.23. The van der Waals surface area contributed by atoms with Crippen LogP contribution < -0.4 is 9.47 Å². The van der Waals surface area contributed by atoms with Gasteiger partial charge in [-0.1, -0.05) is 0 Å². The van der Waals surface area contributed by atoms with Gasteiger partial charge < -0.3 is 24.0 Å². The van der Waals surface area contributed by atoms with E-state index in [0.717, 1.165) is 54.9 Å². The van der Waals surface area contributed by atoms with Crippen LogP contribution in [0.3, 0.4) is 0 Å². The van der Waals surface area contributed by atoms with Gasteiger partial charge in [0.25, 0.3) is 0 Å². The Morgan fingerprint density at radius 2 is 1.80 bits per heavy atom. The summed E-state index contributed by atoms with van der Waals surface area (Å²) < 4.78 is 18.3. The third-order valence-corrected chi connectivity index (χ3v) is 8.18. The number of nitrogens with zero attached hydrogens (tertiary/aromatic N) is 3. The zero-order valence-corrected chi connectivity index (χ0v) is 21.9. The molecule has 5 rings (SSSR count). The summed E-state index contributed by atoms with van der Waals surface area (Å²) in [5.41, 5.74) is 3.46. The summed E-state index contributed by atoms with van der Waals surface area (Å²) in [6.07, 6.45) is 9.83. The van der Waals surface area contributed by atoms with Crippen molar-refractivity contribution in [3.05, 3.63) is 29.5 Å². The van der Waals surface area contributed by atoms with Crippen LogP contribution in [-0.2, 0) is 11.2 Å². The number of rotatable bonds is 9. The number of likely N-dealkylation sites (tertiary alicyclic amines) is 2. The van der Waals surface area contributed by atoms with Crippen LogP contribution in [0, 0.1) is 5.92 Å². The van der Waals surface area contributed by atoms with E-state index in [0.29, 0.717) is 18.6 Å². The van der Waals surface area contributed by atoms with Crippen LogP contribution in [0.1, 0.15) is 69.2 Å². The molecule has 3 saturated heterocycles. The van der Waals surface area contributed by atoms with E-state index >= 15 is 0 Å². The molecule has 0 amide bonds. The molecule has 2 unspecified atom stereocenters. The van der Waals surface area contributed by atoms with Gasteiger partial charge >= 0.3 is 0 Å². The molecule has 0 bridgehead atoms. The van der Waals surface area contributed by atoms with Gasteiger partial charge in [-0.15, -0.1) is 0 Å². The van der Waals surface area contributed by atoms with Crippen molar-refractivity contribution < 1.29 is 14.2 Å². The number of aromatic nitrogens is 1. The fourth-order valence-corrected chi connectivity index (χ4v) is 6.01. The van der Waals surface area contributed by atoms with Gasteiger partial charge in [-0.05, 0) is 115 Å². The lowest BCUT2D eigenvalue weighted by Gasteiger charge is -2.29. The van der Waals surface area contributed by atoms with E-state index in [-0.39, 0.29) is 6.10 Å². The summed E-state index contributed by atoms with van der Waals surface area (Å²) in [7, 11) is 3.97. The van der Waals surface area contributed by atoms with Crippen LogP contribution in [0.4, 0.5) is 0 Å². The normalized spacial score (nSPS) is 24.4. The Balaban J connectivity index is 1.39. The summed E-state index contributed by atoms with van der Waals surface area (Å²) in [6.45, 7) is 8.80. The van der Waals surface area contributed by atoms with Crippen molar-refractivity contribution in [3.63, 3.8) is 0 Å². The Morgan fingerprint density at radius 1 is 1.00 bits per heavy atom. The zero-order chi connectivity index (χ0) is 24.2. The largest absolute Gasteiger partial charge is 0.493 e. The number of methoxy groups -OCH3 is 1. The molecule has 6 nitrogen and oxygen atoms in total. The molecule has 0 N–H and O–H groups in total. The fraction of sp³-hybridized carbons (Fsp3) is 0.690. The minimum absolute atomic E-state index is 0.0950. The molecule has 3 fully saturated rings. The van der Waals surface area contributed by atoms with Crippen molar-refractivity contribution in [1.29, 1.82) is 0 Å². The van der Waals surface area contributed by atoms with Crippen LogP contribution in [0.15, 0.2) is 18.2 Å². The van der Waals surface area contributed by atoms with Gasteiger partial charge in [-0.25, -0.2) is 4.98 Å². The molecule has 0 radical (unpaired) electrons. The molecule has 0 spiro atoms. The minimum atomic E-state index is 0.0950. The van der Waals surface area contributed by atoms with Crippen LogP contribution in [0.25, 0.3) is 10.9 Å². The number of fused-ring (bicyclic) bond motifs is 1. The maximum atomic E-state index is 6.25. The van der Waals surface area contributed by atoms with E-state index in [9.17, 15) is 0 Å². The number of pyridine rings is 1. The lowest BCUT2D eigenvalue weighted by Crippen LogP contribution is -2.31. The number of benzene rings is 1. The first-order valence-electron chi connectivity index (χ1n) is 13.8. The summed E-state index contributed by atoms with van der Waals surface area (Å²) in [5.74, 6) is 2.32. The first-order valence-corrected chi connectivity index (χ1v) is 13.8. The van der Waals surface area contributed by atoms with Crippen LogP contribution in [0.2, 0.25) is 0 Å². The van der Waals surface area contributed by atoms with Crippen molar-refractivity contribution in [2.75, 3.05) is 53.5 Å². The average Bonchev–Trinajstić information content (AvgIpc) is 3.54. The van der Waals surface area contributed by atoms with Crippen molar-refractivity contribution >= 4 is 10.9 Å². The van der Waals surface area contributed by atoms with E-state index in [1.807, 2.05) is 0 Å². The van der Waals surface area contributed by atoms with Gasteiger partial charge in [0.2, 0.25) is 0 Å². The van der Waals surface area contributed by atoms with Crippen molar-refractivity contribution in [1.82, 2.24) is 14.8 Å². The molecule has 1 aromatic heterocycles. The van der Waals surface area contributed by atoms with Crippen molar-refractivity contribution in [3.8, 4) is 11.5 Å². The summed E-state index contributed by atoms with van der Waals surface area (Å²) in [5, 5.41) is 1.19. The van der Waals surface area contributed by atoms with Gasteiger partial charge in [0.15, 0.2) is 11.5 Å². The van der Waals surface area contributed by atoms with Crippen molar-refractivity contribution in [2.24, 2.45) is 5.92 Å². The molecule has 4 heterocycles. The van der Waals surface area contributed by atoms with E-state index in [2.05, 4.69) is 42.0 Å². The second-order valence-corrected chi connectivity index (χ2v) is 10.9. The summed E-state index contributed by atoms with van der Waals surface area (Å²) in [4.78, 5) is 10.1. The Hall–Kier alpha value is -1.89. The fourth-order valence-electron chi connectivity index (χ4n) is 6.01. The maximum Gasteiger partial charge on any atom is 0.163 e. The molecule has 6 heteroatoms. The molecule has 35 heavy (non-hydrogen) atoms. The van der Waals surface area contributed by atoms with Gasteiger partial charge in [-0.2, -0.15) is 0 Å². The van der Waals surface area contributed by atoms with Crippen LogP contribution in [0.5, 0.6) is 11.5 Å². The van der Waals surface area contributed by atoms with Gasteiger partial charge in [-0.3, -0.25) is 0 Å². The molecule has 3 aliphatic rings. The summed E-state index contributed by atoms with van der Waals surface area (Å²) in [6, 6.07) is 6.58. The van der Waals surface area contributed by atoms with E-state index < -0.39 is 0 Å². The quantitative estimate of drug-likeness (QED) is 0.457. The second-order valence-electron chi connectivity index (χ2n) is 10.9. The molecular formula is C29H43N3O3. The van der Waals surface area contributed by atoms with Crippen LogP contribution >= 0.6 is 0 Å². The van der Waals surface area contributed by atoms with Crippen molar-refractivity contribution in [2.45, 2.75) is 70.5 Å². The molecule has 1 aromatic carbocycles. The van der Waals surface area contributed by atoms with Crippen LogP contribution in [-0.4, -0.2) is 74.4 Å². The predicted molar refractivity (Wildman–Crippen MR) is 141 cm³/mol. The third kappa shape index (κ3) is 6.10. The standard InChI is InChI=1S/C29H43N3O3/c1-21-7-8-27(35-21)26-18-23(17-22-9-14-31(2)15-10-22)24-19-28(33-3)29(20-25(24)30-26)34-16-6-13-32-11-4-5-12-32/h18-22,27H,4-17H2,1-3H3. The molecule has 0 aliphatic carbocycles. The lowest BCUT2D eigenvalue weighted by atomic mass is 9.88. The minimum Gasteiger partial charge on any atom is -0.493 e. The first-order chi connectivity index (χ1) is 17.1. The summed E-state index contributed by atoms with van der Waals surface area (Å²) >= 11 is 0. The highest BCUT2D eigenvalue weighted by molar-refractivity contribution is 5.86. The number of ether oxygens (including phenoxy) is 3. The molecule has 2 atom stereocenters. The van der Waals surface area contributed by atoms with E-state index in [4.69, 9.17) is 19.2 Å². The van der Waals surface area contributed by atoms with Gasteiger partial charge in [0, 0.05) is 18.0 Å². The lowest BCUT2D eigenvalue weighted by molar-refractivity contribution is 0.0532. The highest BCUT2D eigenvalue weighted by Gasteiger charge is 2.27. The molecular weight excluding hydrogens is 438 g/mol. The smallest absolute Gasteiger partial charge is 0.163 e. The molecule has 3 aliphatic heterocycles. The highest BCUT2D eigenvalue weighted by Crippen LogP contribution is 2.38. The molecule has 192 valence electrons. The SMILES string of the molecule is COc1cc2c(CC3CCN(C)CC3)cc(C3CCC(C)O3)nc2cc1OCCCN1CCCC1. The Morgan fingerprint density at radius 3 is 2.51 bits per heavy atom. The monoisotopic (exact) mass is 481 g/mol. The highest BCUT2D eigenvalue weighted by atomic mass is 16.5. The Kier molecular flexibility index (Phi) is 8.11. The van der Waals surface area contributed by atoms with Gasteiger partial charge in [0.05, 0.1) is 37.1 Å². The Bertz CT molecular complexity index is 983. The topological polar surface area (TPSA) is 47.1 Å². The number of piperidine rings is 1. The third-order valence-electron chi connectivity index (χ3n) is 8.18. The second kappa shape index (κ2) is 11.4. The number of hydrogen-bond acceptors (Lipinski definition) is 6. The van der Waals surface area contributed by atoms with E-state index in [1.54, 1.807) is 7.11 Å². The first kappa shape index (κ1) is 24.8. The van der Waals surface area contributed by atoms with Gasteiger partial charge in [0.1, 0.15) is 0 Å². The van der Waals surface area contributed by atoms with E-state index in [1.165, 1.54) is 62.8 Å². The maximum absolute atomic E-state index is 6.25. The molecule has 2 aromatic rings. The molecule has 0 saturated carbocycles. The average molecular weight is 482 g/mol. The number of hydrogen-bond donors (Lipinski definition) is 0. The zero-order valence-electron chi connectivity index (χ0n) is 21.9. The Labute approximate surface area is 210 Å².